The van der Waals surface area contributed by atoms with E-state index in [9.17, 15) is 0 Å². The van der Waals surface area contributed by atoms with Gasteiger partial charge >= 0.3 is 0 Å². The van der Waals surface area contributed by atoms with Gasteiger partial charge in [-0.2, -0.15) is 5.10 Å². The number of rotatable bonds is 5. The standard InChI is InChI=1S/C14H25N3/c1-6-7-17-11-13(10-16-17)8-12(2)9-15-14(3,4)5/h8,10-11,15H,6-7,9H2,1-5H3/b12-8-. The third-order valence-corrected chi connectivity index (χ3v) is 2.42. The van der Waals surface area contributed by atoms with Crippen molar-refractivity contribution in [2.45, 2.75) is 53.1 Å². The molecular weight excluding hydrogens is 210 g/mol. The van der Waals surface area contributed by atoms with Crippen LogP contribution in [-0.2, 0) is 6.54 Å². The Hall–Kier alpha value is -1.09. The third-order valence-electron chi connectivity index (χ3n) is 2.42. The van der Waals surface area contributed by atoms with Crippen molar-refractivity contribution in [2.75, 3.05) is 6.54 Å². The molecule has 96 valence electrons. The first kappa shape index (κ1) is 14.0. The van der Waals surface area contributed by atoms with E-state index in [0.717, 1.165) is 19.5 Å². The highest BCUT2D eigenvalue weighted by Gasteiger charge is 2.07. The van der Waals surface area contributed by atoms with E-state index in [1.807, 2.05) is 10.9 Å². The minimum atomic E-state index is 0.168. The molecule has 0 bridgehead atoms. The topological polar surface area (TPSA) is 29.9 Å². The van der Waals surface area contributed by atoms with Crippen molar-refractivity contribution in [1.82, 2.24) is 15.1 Å². The minimum Gasteiger partial charge on any atom is -0.308 e. The minimum absolute atomic E-state index is 0.168. The molecule has 0 aliphatic heterocycles. The molecule has 0 atom stereocenters. The fourth-order valence-corrected chi connectivity index (χ4v) is 1.55. The van der Waals surface area contributed by atoms with Gasteiger partial charge in [-0.05, 0) is 34.1 Å². The summed E-state index contributed by atoms with van der Waals surface area (Å²) in [6, 6.07) is 0. The fraction of sp³-hybridized carbons (Fsp3) is 0.643. The fourth-order valence-electron chi connectivity index (χ4n) is 1.55. The molecule has 3 heteroatoms. The first-order chi connectivity index (χ1) is 7.90. The predicted molar refractivity (Wildman–Crippen MR) is 73.9 cm³/mol. The highest BCUT2D eigenvalue weighted by molar-refractivity contribution is 5.50. The van der Waals surface area contributed by atoms with Crippen molar-refractivity contribution in [1.29, 1.82) is 0 Å². The van der Waals surface area contributed by atoms with E-state index in [4.69, 9.17) is 0 Å². The molecule has 0 unspecified atom stereocenters. The van der Waals surface area contributed by atoms with Crippen LogP contribution < -0.4 is 5.32 Å². The molecule has 17 heavy (non-hydrogen) atoms. The largest absolute Gasteiger partial charge is 0.308 e. The molecule has 3 nitrogen and oxygen atoms in total. The van der Waals surface area contributed by atoms with Crippen LogP contribution in [-0.4, -0.2) is 21.9 Å². The van der Waals surface area contributed by atoms with Crippen molar-refractivity contribution in [3.8, 4) is 0 Å². The lowest BCUT2D eigenvalue weighted by atomic mass is 10.1. The second-order valence-electron chi connectivity index (χ2n) is 5.63. The van der Waals surface area contributed by atoms with Gasteiger partial charge < -0.3 is 5.32 Å². The van der Waals surface area contributed by atoms with Crippen molar-refractivity contribution < 1.29 is 0 Å². The number of nitrogens with one attached hydrogen (secondary N) is 1. The van der Waals surface area contributed by atoms with Gasteiger partial charge in [-0.15, -0.1) is 0 Å². The van der Waals surface area contributed by atoms with Gasteiger partial charge in [-0.3, -0.25) is 4.68 Å². The zero-order valence-electron chi connectivity index (χ0n) is 11.7. The highest BCUT2D eigenvalue weighted by Crippen LogP contribution is 2.07. The first-order valence-corrected chi connectivity index (χ1v) is 6.35. The van der Waals surface area contributed by atoms with Gasteiger partial charge in [0.2, 0.25) is 0 Å². The smallest absolute Gasteiger partial charge is 0.0562 e. The molecule has 0 saturated carbocycles. The molecule has 0 amide bonds. The molecule has 0 radical (unpaired) electrons. The number of hydrogen-bond acceptors (Lipinski definition) is 2. The van der Waals surface area contributed by atoms with Crippen LogP contribution in [0.4, 0.5) is 0 Å². The molecule has 1 N–H and O–H groups in total. The van der Waals surface area contributed by atoms with E-state index in [0.29, 0.717) is 0 Å². The maximum atomic E-state index is 4.32. The van der Waals surface area contributed by atoms with Crippen LogP contribution in [0, 0.1) is 0 Å². The van der Waals surface area contributed by atoms with Gasteiger partial charge in [-0.1, -0.05) is 18.6 Å². The highest BCUT2D eigenvalue weighted by atomic mass is 15.3. The SMILES string of the molecule is CCCn1cc(/C=C(/C)CNC(C)(C)C)cn1. The molecule has 0 fully saturated rings. The van der Waals surface area contributed by atoms with E-state index in [-0.39, 0.29) is 5.54 Å². The van der Waals surface area contributed by atoms with Crippen LogP contribution in [0.15, 0.2) is 18.0 Å². The van der Waals surface area contributed by atoms with Crippen LogP contribution in [0.2, 0.25) is 0 Å². The number of aromatic nitrogens is 2. The maximum Gasteiger partial charge on any atom is 0.0562 e. The van der Waals surface area contributed by atoms with Crippen LogP contribution >= 0.6 is 0 Å². The van der Waals surface area contributed by atoms with Gasteiger partial charge in [0, 0.05) is 30.4 Å². The molecule has 1 rings (SSSR count). The summed E-state index contributed by atoms with van der Waals surface area (Å²) >= 11 is 0. The number of nitrogens with zero attached hydrogens (tertiary/aromatic N) is 2. The molecule has 0 aromatic carbocycles. The normalized spacial score (nSPS) is 13.1. The summed E-state index contributed by atoms with van der Waals surface area (Å²) in [6.07, 6.45) is 7.34. The summed E-state index contributed by atoms with van der Waals surface area (Å²) in [5.74, 6) is 0. The molecule has 0 aliphatic carbocycles. The summed E-state index contributed by atoms with van der Waals surface area (Å²) in [5.41, 5.74) is 2.68. The zero-order chi connectivity index (χ0) is 12.9. The Bertz CT molecular complexity index is 369. The monoisotopic (exact) mass is 235 g/mol. The van der Waals surface area contributed by atoms with E-state index < -0.39 is 0 Å². The summed E-state index contributed by atoms with van der Waals surface area (Å²) in [4.78, 5) is 0. The average molecular weight is 235 g/mol. The molecule has 1 aromatic rings. The maximum absolute atomic E-state index is 4.32. The molecule has 0 aliphatic rings. The van der Waals surface area contributed by atoms with E-state index in [1.54, 1.807) is 0 Å². The summed E-state index contributed by atoms with van der Waals surface area (Å²) in [6.45, 7) is 12.8. The second-order valence-corrected chi connectivity index (χ2v) is 5.63. The van der Waals surface area contributed by atoms with Crippen molar-refractivity contribution >= 4 is 6.08 Å². The summed E-state index contributed by atoms with van der Waals surface area (Å²) < 4.78 is 2.00. The Morgan fingerprint density at radius 2 is 2.18 bits per heavy atom. The van der Waals surface area contributed by atoms with Crippen LogP contribution in [0.5, 0.6) is 0 Å². The molecule has 1 heterocycles. The molecular formula is C14H25N3. The van der Waals surface area contributed by atoms with Crippen LogP contribution in [0.25, 0.3) is 6.08 Å². The Kier molecular flexibility index (Phi) is 4.94. The zero-order valence-corrected chi connectivity index (χ0v) is 11.7. The Morgan fingerprint density at radius 1 is 1.47 bits per heavy atom. The van der Waals surface area contributed by atoms with Crippen LogP contribution in [0.1, 0.15) is 46.6 Å². The lowest BCUT2D eigenvalue weighted by Crippen LogP contribution is -2.36. The first-order valence-electron chi connectivity index (χ1n) is 6.35. The van der Waals surface area contributed by atoms with Gasteiger partial charge in [0.15, 0.2) is 0 Å². The summed E-state index contributed by atoms with van der Waals surface area (Å²) in [7, 11) is 0. The second kappa shape index (κ2) is 6.01. The third kappa shape index (κ3) is 5.68. The summed E-state index contributed by atoms with van der Waals surface area (Å²) in [5, 5.41) is 7.80. The van der Waals surface area contributed by atoms with Gasteiger partial charge in [0.25, 0.3) is 0 Å². The molecule has 0 spiro atoms. The van der Waals surface area contributed by atoms with E-state index in [1.165, 1.54) is 11.1 Å². The molecule has 0 saturated heterocycles. The molecule has 1 aromatic heterocycles. The van der Waals surface area contributed by atoms with Crippen LogP contribution in [0.3, 0.4) is 0 Å². The van der Waals surface area contributed by atoms with Crippen molar-refractivity contribution in [3.05, 3.63) is 23.5 Å². The predicted octanol–water partition coefficient (Wildman–Crippen LogP) is 3.08. The van der Waals surface area contributed by atoms with Gasteiger partial charge in [-0.25, -0.2) is 0 Å². The Balaban J connectivity index is 2.54. The quantitative estimate of drug-likeness (QED) is 0.850. The lowest BCUT2D eigenvalue weighted by Gasteiger charge is -2.20. The number of hydrogen-bond donors (Lipinski definition) is 1. The van der Waals surface area contributed by atoms with E-state index >= 15 is 0 Å². The number of aryl methyl sites for hydroxylation is 1. The van der Waals surface area contributed by atoms with E-state index in [2.05, 4.69) is 57.3 Å². The lowest BCUT2D eigenvalue weighted by molar-refractivity contribution is 0.445. The van der Waals surface area contributed by atoms with Crippen molar-refractivity contribution in [2.24, 2.45) is 0 Å². The average Bonchev–Trinajstić information content (AvgIpc) is 2.62. The Morgan fingerprint density at radius 3 is 2.76 bits per heavy atom. The van der Waals surface area contributed by atoms with Gasteiger partial charge in [0.1, 0.15) is 0 Å². The van der Waals surface area contributed by atoms with Crippen molar-refractivity contribution in [3.63, 3.8) is 0 Å². The van der Waals surface area contributed by atoms with Gasteiger partial charge in [0.05, 0.1) is 6.20 Å². The Labute approximate surface area is 105 Å².